The Morgan fingerprint density at radius 2 is 1.68 bits per heavy atom. The Bertz CT molecular complexity index is 1140. The number of carbonyl (C=O) groups is 2. The third-order valence-electron chi connectivity index (χ3n) is 5.56. The van der Waals surface area contributed by atoms with Crippen molar-refractivity contribution in [3.05, 3.63) is 65.2 Å². The lowest BCUT2D eigenvalue weighted by Gasteiger charge is -2.48. The number of likely N-dealkylation sites (tertiary alicyclic amines) is 1. The highest BCUT2D eigenvalue weighted by Gasteiger charge is 2.50. The molecular weight excluding hydrogens is 426 g/mol. The monoisotopic (exact) mass is 450 g/mol. The van der Waals surface area contributed by atoms with Crippen LogP contribution >= 0.6 is 0 Å². The second-order valence-corrected chi connectivity index (χ2v) is 10.5. The molecule has 0 aliphatic carbocycles. The van der Waals surface area contributed by atoms with Gasteiger partial charge in [0.1, 0.15) is 22.1 Å². The molecule has 1 heterocycles. The highest BCUT2D eigenvalue weighted by molar-refractivity contribution is 7.90. The molecule has 0 aromatic heterocycles. The van der Waals surface area contributed by atoms with Crippen molar-refractivity contribution in [2.45, 2.75) is 50.0 Å². The van der Waals surface area contributed by atoms with Crippen molar-refractivity contribution in [2.75, 3.05) is 6.54 Å². The van der Waals surface area contributed by atoms with Crippen molar-refractivity contribution >= 4 is 21.8 Å². The zero-order valence-corrected chi connectivity index (χ0v) is 18.5. The van der Waals surface area contributed by atoms with Gasteiger partial charge in [-0.3, -0.25) is 9.59 Å². The fourth-order valence-electron chi connectivity index (χ4n) is 3.37. The molecule has 1 unspecified atom stereocenters. The van der Waals surface area contributed by atoms with Gasteiger partial charge >= 0.3 is 0 Å². The van der Waals surface area contributed by atoms with Crippen LogP contribution in [-0.4, -0.2) is 37.2 Å². The van der Waals surface area contributed by atoms with Gasteiger partial charge < -0.3 is 4.90 Å². The number of sulfonamides is 1. The normalized spacial score (nSPS) is 19.0. The maximum absolute atomic E-state index is 13.9. The number of hydrogen-bond acceptors (Lipinski definition) is 4. The van der Waals surface area contributed by atoms with Gasteiger partial charge in [-0.2, -0.15) is 0 Å². The van der Waals surface area contributed by atoms with Crippen LogP contribution in [0, 0.1) is 11.6 Å². The quantitative estimate of drug-likeness (QED) is 0.774. The molecule has 0 radical (unpaired) electrons. The summed E-state index contributed by atoms with van der Waals surface area (Å²) in [6.07, 6.45) is 0.242. The van der Waals surface area contributed by atoms with Crippen molar-refractivity contribution in [1.29, 1.82) is 0 Å². The molecular formula is C22H24F2N2O4S. The van der Waals surface area contributed by atoms with Crippen molar-refractivity contribution in [1.82, 2.24) is 9.62 Å². The molecule has 0 bridgehead atoms. The van der Waals surface area contributed by atoms with Gasteiger partial charge in [0.05, 0.1) is 0 Å². The average Bonchev–Trinajstić information content (AvgIpc) is 2.65. The van der Waals surface area contributed by atoms with Gasteiger partial charge in [0.25, 0.3) is 21.8 Å². The SMILES string of the molecule is CC(C)(C)c1ccc(C(=O)N2CCC2(C)C(=O)NS(=O)(=O)c2ccc(F)cc2F)cc1. The molecule has 1 aliphatic rings. The second-order valence-electron chi connectivity index (χ2n) is 8.82. The van der Waals surface area contributed by atoms with Gasteiger partial charge in [-0.25, -0.2) is 21.9 Å². The minimum Gasteiger partial charge on any atom is -0.324 e. The van der Waals surface area contributed by atoms with Crippen LogP contribution in [0.4, 0.5) is 8.78 Å². The van der Waals surface area contributed by atoms with E-state index >= 15 is 0 Å². The molecule has 0 saturated carbocycles. The Morgan fingerprint density at radius 1 is 1.06 bits per heavy atom. The fraction of sp³-hybridized carbons (Fsp3) is 0.364. The lowest BCUT2D eigenvalue weighted by Crippen LogP contribution is -2.67. The van der Waals surface area contributed by atoms with Crippen LogP contribution in [0.15, 0.2) is 47.4 Å². The Kier molecular flexibility index (Phi) is 5.69. The maximum atomic E-state index is 13.9. The van der Waals surface area contributed by atoms with Crippen LogP contribution in [0.25, 0.3) is 0 Å². The van der Waals surface area contributed by atoms with Crippen LogP contribution in [0.3, 0.4) is 0 Å². The van der Waals surface area contributed by atoms with Gasteiger partial charge in [-0.05, 0) is 48.6 Å². The molecule has 2 amide bonds. The summed E-state index contributed by atoms with van der Waals surface area (Å²) in [5, 5.41) is 0. The molecule has 31 heavy (non-hydrogen) atoms. The molecule has 2 aromatic carbocycles. The van der Waals surface area contributed by atoms with Crippen molar-refractivity contribution < 1.29 is 26.8 Å². The number of rotatable bonds is 4. The summed E-state index contributed by atoms with van der Waals surface area (Å²) in [7, 11) is -4.58. The van der Waals surface area contributed by atoms with E-state index in [2.05, 4.69) is 0 Å². The third kappa shape index (κ3) is 4.32. The maximum Gasteiger partial charge on any atom is 0.267 e. The lowest BCUT2D eigenvalue weighted by atomic mass is 9.84. The molecule has 3 rings (SSSR count). The molecule has 1 atom stereocenters. The largest absolute Gasteiger partial charge is 0.324 e. The molecule has 9 heteroatoms. The summed E-state index contributed by atoms with van der Waals surface area (Å²) in [6, 6.07) is 8.96. The first-order valence-corrected chi connectivity index (χ1v) is 11.2. The molecule has 1 saturated heterocycles. The standard InChI is InChI=1S/C22H24F2N2O4S/c1-21(2,3)15-7-5-14(6-8-15)19(27)26-12-11-22(26,4)20(28)25-31(29,30)18-10-9-16(23)13-17(18)24/h5-10,13H,11-12H2,1-4H3,(H,25,28). The summed E-state index contributed by atoms with van der Waals surface area (Å²) >= 11 is 0. The number of hydrogen-bond donors (Lipinski definition) is 1. The summed E-state index contributed by atoms with van der Waals surface area (Å²) in [5.74, 6) is -3.62. The highest BCUT2D eigenvalue weighted by Crippen LogP contribution is 2.33. The van der Waals surface area contributed by atoms with Crippen LogP contribution in [-0.2, 0) is 20.2 Å². The number of benzene rings is 2. The smallest absolute Gasteiger partial charge is 0.267 e. The van der Waals surface area contributed by atoms with Crippen LogP contribution in [0.1, 0.15) is 50.0 Å². The average molecular weight is 451 g/mol. The van der Waals surface area contributed by atoms with E-state index < -0.39 is 43.9 Å². The Morgan fingerprint density at radius 3 is 2.16 bits per heavy atom. The molecule has 166 valence electrons. The molecule has 2 aromatic rings. The minimum absolute atomic E-state index is 0.0866. The molecule has 1 fully saturated rings. The van der Waals surface area contributed by atoms with E-state index in [-0.39, 0.29) is 18.4 Å². The number of carbonyl (C=O) groups excluding carboxylic acids is 2. The topological polar surface area (TPSA) is 83.6 Å². The first kappa shape index (κ1) is 22.9. The third-order valence-corrected chi connectivity index (χ3v) is 6.92. The molecule has 1 N–H and O–H groups in total. The van der Waals surface area contributed by atoms with Crippen molar-refractivity contribution in [3.63, 3.8) is 0 Å². The van der Waals surface area contributed by atoms with E-state index in [0.29, 0.717) is 11.6 Å². The zero-order valence-electron chi connectivity index (χ0n) is 17.7. The van der Waals surface area contributed by atoms with Crippen molar-refractivity contribution in [2.24, 2.45) is 0 Å². The minimum atomic E-state index is -4.58. The predicted molar refractivity (Wildman–Crippen MR) is 111 cm³/mol. The van der Waals surface area contributed by atoms with Gasteiger partial charge in [0, 0.05) is 18.2 Å². The van der Waals surface area contributed by atoms with Gasteiger partial charge in [-0.15, -0.1) is 0 Å². The van der Waals surface area contributed by atoms with Crippen LogP contribution in [0.5, 0.6) is 0 Å². The molecule has 1 aliphatic heterocycles. The van der Waals surface area contributed by atoms with E-state index in [1.165, 1.54) is 11.8 Å². The lowest BCUT2D eigenvalue weighted by molar-refractivity contribution is -0.135. The molecule has 0 spiro atoms. The van der Waals surface area contributed by atoms with E-state index in [1.54, 1.807) is 12.1 Å². The number of amides is 2. The summed E-state index contributed by atoms with van der Waals surface area (Å²) in [6.45, 7) is 7.86. The Balaban J connectivity index is 1.79. The van der Waals surface area contributed by atoms with Gasteiger partial charge in [0.15, 0.2) is 0 Å². The summed E-state index contributed by atoms with van der Waals surface area (Å²) in [5.41, 5.74) is -0.0835. The van der Waals surface area contributed by atoms with Crippen LogP contribution in [0.2, 0.25) is 0 Å². The van der Waals surface area contributed by atoms with Crippen LogP contribution < -0.4 is 4.72 Å². The highest BCUT2D eigenvalue weighted by atomic mass is 32.2. The summed E-state index contributed by atoms with van der Waals surface area (Å²) in [4.78, 5) is 26.1. The van der Waals surface area contributed by atoms with E-state index in [1.807, 2.05) is 37.6 Å². The Hall–Kier alpha value is -2.81. The summed E-state index contributed by atoms with van der Waals surface area (Å²) < 4.78 is 53.7. The first-order valence-electron chi connectivity index (χ1n) is 9.70. The molecule has 6 nitrogen and oxygen atoms in total. The van der Waals surface area contributed by atoms with E-state index in [4.69, 9.17) is 0 Å². The zero-order chi connectivity index (χ0) is 23.2. The Labute approximate surface area is 180 Å². The number of nitrogens with zero attached hydrogens (tertiary/aromatic N) is 1. The number of nitrogens with one attached hydrogen (secondary N) is 1. The fourth-order valence-corrected chi connectivity index (χ4v) is 4.51. The van der Waals surface area contributed by atoms with Gasteiger partial charge in [0.2, 0.25) is 0 Å². The van der Waals surface area contributed by atoms with Gasteiger partial charge in [-0.1, -0.05) is 32.9 Å². The first-order chi connectivity index (χ1) is 14.3. The van der Waals surface area contributed by atoms with E-state index in [9.17, 15) is 26.8 Å². The number of halogens is 2. The van der Waals surface area contributed by atoms with Crippen molar-refractivity contribution in [3.8, 4) is 0 Å². The predicted octanol–water partition coefficient (Wildman–Crippen LogP) is 3.37. The second kappa shape index (κ2) is 7.71. The van der Waals surface area contributed by atoms with E-state index in [0.717, 1.165) is 17.7 Å².